The SMILES string of the molecule is CCn1cc(C(=O)O)c(=O)c2cc(F)c(N3CCN(CNC(=O)C4=C(O)[C@@]5(O)C(=O)C6=C(O)c7c(O)ccc(N(C)C)c7CC6CC5[C@H](N(C)C)C4=O)C(C)C3)c(F)c21. The van der Waals surface area contributed by atoms with E-state index in [-0.39, 0.29) is 68.1 Å². The number of fused-ring (bicyclic) bond motifs is 4. The number of hydrogen-bond donors (Lipinski definition) is 6. The highest BCUT2D eigenvalue weighted by atomic mass is 19.1. The first-order valence-electron chi connectivity index (χ1n) is 19.2. The highest BCUT2D eigenvalue weighted by Gasteiger charge is 2.64. The number of piperazine rings is 1. The number of phenols is 1. The summed E-state index contributed by atoms with van der Waals surface area (Å²) < 4.78 is 33.0. The molecule has 18 heteroatoms. The minimum atomic E-state index is -2.79. The normalized spacial score (nSPS) is 24.7. The fraction of sp³-hybridized carbons (Fsp3) is 0.439. The number of carbonyl (C=O) groups is 4. The van der Waals surface area contributed by atoms with Gasteiger partial charge in [-0.3, -0.25) is 29.0 Å². The molecule has 2 fully saturated rings. The van der Waals surface area contributed by atoms with Crippen molar-refractivity contribution in [3.63, 3.8) is 0 Å². The lowest BCUT2D eigenvalue weighted by molar-refractivity contribution is -0.153. The Morgan fingerprint density at radius 1 is 1.05 bits per heavy atom. The first-order valence-corrected chi connectivity index (χ1v) is 19.2. The number of anilines is 2. The molecule has 0 spiro atoms. The zero-order valence-electron chi connectivity index (χ0n) is 33.3. The van der Waals surface area contributed by atoms with Crippen molar-refractivity contribution in [1.29, 1.82) is 0 Å². The highest BCUT2D eigenvalue weighted by Crippen LogP contribution is 2.53. The molecule has 0 bridgehead atoms. The van der Waals surface area contributed by atoms with E-state index in [4.69, 9.17) is 0 Å². The topological polar surface area (TPSA) is 216 Å². The molecule has 5 atom stereocenters. The molecule has 59 heavy (non-hydrogen) atoms. The molecule has 1 saturated heterocycles. The molecule has 6 N–H and O–H groups in total. The number of hydrogen-bond acceptors (Lipinski definition) is 13. The van der Waals surface area contributed by atoms with Crippen LogP contribution in [-0.2, 0) is 27.3 Å². The van der Waals surface area contributed by atoms with E-state index in [1.165, 1.54) is 20.4 Å². The summed E-state index contributed by atoms with van der Waals surface area (Å²) in [5.41, 5.74) is -4.85. The van der Waals surface area contributed by atoms with Crippen LogP contribution in [-0.4, -0.2) is 136 Å². The van der Waals surface area contributed by atoms with Gasteiger partial charge in [0, 0.05) is 69.7 Å². The molecule has 16 nitrogen and oxygen atoms in total. The number of aromatic carboxylic acids is 1. The summed E-state index contributed by atoms with van der Waals surface area (Å²) in [7, 11) is 6.66. The van der Waals surface area contributed by atoms with Gasteiger partial charge in [0.1, 0.15) is 39.9 Å². The molecule has 1 saturated carbocycles. The van der Waals surface area contributed by atoms with Crippen molar-refractivity contribution in [2.75, 3.05) is 64.3 Å². The number of likely N-dealkylation sites (N-methyl/N-ethyl adjacent to an activating group) is 1. The summed E-state index contributed by atoms with van der Waals surface area (Å²) in [6.45, 7) is 3.46. The van der Waals surface area contributed by atoms with Gasteiger partial charge in [-0.2, -0.15) is 0 Å². The lowest BCUT2D eigenvalue weighted by atomic mass is 9.57. The molecule has 4 aliphatic rings. The van der Waals surface area contributed by atoms with Gasteiger partial charge in [0.25, 0.3) is 5.91 Å². The van der Waals surface area contributed by atoms with Crippen LogP contribution < -0.4 is 20.5 Å². The van der Waals surface area contributed by atoms with Gasteiger partial charge in [0.05, 0.1) is 29.2 Å². The van der Waals surface area contributed by atoms with E-state index >= 15 is 8.78 Å². The van der Waals surface area contributed by atoms with Crippen LogP contribution >= 0.6 is 0 Å². The first kappa shape index (κ1) is 41.3. The molecule has 7 rings (SSSR count). The molecular weight excluding hydrogens is 774 g/mol. The van der Waals surface area contributed by atoms with Gasteiger partial charge in [-0.1, -0.05) is 0 Å². The summed E-state index contributed by atoms with van der Waals surface area (Å²) in [6, 6.07) is 2.18. The first-order chi connectivity index (χ1) is 27.8. The standard InChI is InChI=1S/C41H46F2N6O10/c1-7-47-16-22(40(57)58)34(51)21-14-24(42)33(30(43)31(21)47)48-10-11-49(18(2)15-48)17-44-39(56)29-36(53)32(46(5)6)23-13-19-12-20-25(45(3)4)8-9-26(50)28(20)35(52)27(19)37(54)41(23,59)38(29)55/h8-9,14,16,18-19,23,32,50,52,55,59H,7,10-13,15,17H2,1-6H3,(H,44,56)(H,57,58)/t18?,19?,23?,32-,41-/m0/s1. The minimum Gasteiger partial charge on any atom is -0.508 e. The smallest absolute Gasteiger partial charge is 0.341 e. The van der Waals surface area contributed by atoms with Crippen LogP contribution in [0.5, 0.6) is 5.75 Å². The molecule has 2 aromatic carbocycles. The van der Waals surface area contributed by atoms with Gasteiger partial charge in [-0.05, 0) is 70.5 Å². The van der Waals surface area contributed by atoms with Gasteiger partial charge < -0.3 is 45.2 Å². The minimum absolute atomic E-state index is 0.0196. The van der Waals surface area contributed by atoms with Gasteiger partial charge in [-0.25, -0.2) is 13.6 Å². The number of rotatable bonds is 8. The third-order valence-corrected chi connectivity index (χ3v) is 12.4. The van der Waals surface area contributed by atoms with Crippen LogP contribution in [0.3, 0.4) is 0 Å². The number of phenolic OH excluding ortho intramolecular Hbond substituents is 1. The number of carbonyl (C=O) groups excluding carboxylic acids is 3. The summed E-state index contributed by atoms with van der Waals surface area (Å²) in [6.07, 6.45) is 1.17. The van der Waals surface area contributed by atoms with E-state index in [0.29, 0.717) is 11.3 Å². The molecule has 3 aromatic rings. The number of amides is 1. The van der Waals surface area contributed by atoms with Gasteiger partial charge in [-0.15, -0.1) is 0 Å². The van der Waals surface area contributed by atoms with E-state index in [9.17, 15) is 49.5 Å². The zero-order chi connectivity index (χ0) is 43.2. The Balaban J connectivity index is 1.15. The fourth-order valence-electron chi connectivity index (χ4n) is 9.49. The molecule has 1 amide bonds. The van der Waals surface area contributed by atoms with Crippen LogP contribution in [0.1, 0.15) is 41.8 Å². The van der Waals surface area contributed by atoms with Crippen molar-refractivity contribution < 1.29 is 53.5 Å². The summed E-state index contributed by atoms with van der Waals surface area (Å²) in [5.74, 6) is -10.5. The van der Waals surface area contributed by atoms with E-state index in [0.717, 1.165) is 12.3 Å². The molecule has 3 aliphatic carbocycles. The summed E-state index contributed by atoms with van der Waals surface area (Å²) in [4.78, 5) is 73.3. The van der Waals surface area contributed by atoms with Crippen LogP contribution in [0, 0.1) is 23.5 Å². The van der Waals surface area contributed by atoms with Gasteiger partial charge >= 0.3 is 5.97 Å². The van der Waals surface area contributed by atoms with Crippen molar-refractivity contribution in [3.05, 3.63) is 79.8 Å². The molecule has 3 unspecified atom stereocenters. The average Bonchev–Trinajstić information content (AvgIpc) is 3.16. The van der Waals surface area contributed by atoms with Crippen LogP contribution in [0.25, 0.3) is 16.7 Å². The van der Waals surface area contributed by atoms with E-state index in [1.54, 1.807) is 57.9 Å². The Kier molecular flexibility index (Phi) is 10.3. The van der Waals surface area contributed by atoms with Crippen LogP contribution in [0.15, 0.2) is 46.1 Å². The second-order valence-corrected chi connectivity index (χ2v) is 16.1. The van der Waals surface area contributed by atoms with Crippen LogP contribution in [0.4, 0.5) is 20.2 Å². The monoisotopic (exact) mass is 820 g/mol. The highest BCUT2D eigenvalue weighted by molar-refractivity contribution is 6.25. The average molecular weight is 821 g/mol. The fourth-order valence-corrected chi connectivity index (χ4v) is 9.49. The second kappa shape index (κ2) is 14.8. The molecule has 1 aromatic heterocycles. The predicted octanol–water partition coefficient (Wildman–Crippen LogP) is 2.14. The maximum absolute atomic E-state index is 16.1. The van der Waals surface area contributed by atoms with Crippen molar-refractivity contribution in [2.45, 2.75) is 50.9 Å². The Labute approximate surface area is 336 Å². The molecule has 314 valence electrons. The maximum Gasteiger partial charge on any atom is 0.341 e. The lowest BCUT2D eigenvalue weighted by Gasteiger charge is -2.50. The number of benzene rings is 2. The van der Waals surface area contributed by atoms with Crippen molar-refractivity contribution in [3.8, 4) is 5.75 Å². The Morgan fingerprint density at radius 2 is 1.75 bits per heavy atom. The predicted molar refractivity (Wildman–Crippen MR) is 212 cm³/mol. The molecular formula is C41H46F2N6O10. The largest absolute Gasteiger partial charge is 0.508 e. The number of aryl methyl sites for hydroxylation is 1. The van der Waals surface area contributed by atoms with E-state index in [1.807, 2.05) is 0 Å². The third kappa shape index (κ3) is 6.23. The van der Waals surface area contributed by atoms with Gasteiger partial charge in [0.2, 0.25) is 11.2 Å². The summed E-state index contributed by atoms with van der Waals surface area (Å²) in [5, 5.41) is 57.8. The van der Waals surface area contributed by atoms with E-state index < -0.39 is 104 Å². The Bertz CT molecular complexity index is 2480. The number of pyridine rings is 1. The Morgan fingerprint density at radius 3 is 2.36 bits per heavy atom. The van der Waals surface area contributed by atoms with E-state index in [2.05, 4.69) is 5.32 Å². The second-order valence-electron chi connectivity index (χ2n) is 16.1. The molecule has 0 radical (unpaired) electrons. The number of ketones is 2. The number of nitrogens with one attached hydrogen (secondary N) is 1. The maximum atomic E-state index is 16.1. The van der Waals surface area contributed by atoms with Crippen molar-refractivity contribution in [2.24, 2.45) is 11.8 Å². The number of halogens is 2. The zero-order valence-corrected chi connectivity index (χ0v) is 33.3. The van der Waals surface area contributed by atoms with Crippen molar-refractivity contribution in [1.82, 2.24) is 19.7 Å². The number of aliphatic hydroxyl groups is 3. The number of nitrogens with zero attached hydrogens (tertiary/aromatic N) is 5. The Hall–Kier alpha value is -5.85. The summed E-state index contributed by atoms with van der Waals surface area (Å²) >= 11 is 0. The lowest BCUT2D eigenvalue weighted by Crippen LogP contribution is -2.66. The number of aromatic nitrogens is 1. The third-order valence-electron chi connectivity index (χ3n) is 12.4. The van der Waals surface area contributed by atoms with Crippen LogP contribution in [0.2, 0.25) is 0 Å². The number of aliphatic hydroxyl groups excluding tert-OH is 2. The molecule has 1 aliphatic heterocycles. The van der Waals surface area contributed by atoms with Gasteiger partial charge in [0.15, 0.2) is 17.2 Å². The molecule has 2 heterocycles. The number of aromatic hydroxyl groups is 1. The number of Topliss-reactive ketones (excluding diaryl/α,β-unsaturated/α-hetero) is 2. The van der Waals surface area contributed by atoms with Crippen molar-refractivity contribution >= 4 is 51.5 Å². The quantitative estimate of drug-likeness (QED) is 0.180. The number of carboxylic acid groups (broad SMARTS) is 1. The number of carboxylic acids is 1.